The van der Waals surface area contributed by atoms with E-state index in [9.17, 15) is 27.6 Å². The van der Waals surface area contributed by atoms with Crippen LogP contribution in [0.2, 0.25) is 5.02 Å². The van der Waals surface area contributed by atoms with Gasteiger partial charge in [-0.2, -0.15) is 8.42 Å². The van der Waals surface area contributed by atoms with Gasteiger partial charge in [-0.3, -0.25) is 19.2 Å². The molecule has 2 aliphatic carbocycles. The highest BCUT2D eigenvalue weighted by Crippen LogP contribution is 2.58. The molecule has 2 heterocycles. The summed E-state index contributed by atoms with van der Waals surface area (Å²) >= 11 is 6.52. The number of halogens is 1. The molecule has 12 nitrogen and oxygen atoms in total. The van der Waals surface area contributed by atoms with Gasteiger partial charge in [-0.1, -0.05) is 72.6 Å². The first-order chi connectivity index (χ1) is 25.0. The summed E-state index contributed by atoms with van der Waals surface area (Å²) in [5.74, 6) is -1.79. The van der Waals surface area contributed by atoms with E-state index in [4.69, 9.17) is 25.3 Å². The van der Waals surface area contributed by atoms with Crippen molar-refractivity contribution in [1.82, 2.24) is 14.6 Å². The van der Waals surface area contributed by atoms with E-state index in [0.717, 1.165) is 0 Å². The van der Waals surface area contributed by atoms with E-state index in [1.54, 1.807) is 25.1 Å². The molecule has 3 aliphatic rings. The molecule has 1 N–H and O–H groups in total. The Morgan fingerprint density at radius 2 is 1.78 bits per heavy atom. The number of hydrogen-bond donors (Lipinski definition) is 1. The molecular weight excluding hydrogens is 734 g/mol. The number of aromatic nitrogens is 1. The summed E-state index contributed by atoms with van der Waals surface area (Å²) in [6.45, 7) is 17.4. The van der Waals surface area contributed by atoms with Crippen molar-refractivity contribution in [3.05, 3.63) is 29.3 Å². The van der Waals surface area contributed by atoms with Crippen molar-refractivity contribution in [1.29, 1.82) is 0 Å². The van der Waals surface area contributed by atoms with E-state index < -0.39 is 50.7 Å². The Kier molecular flexibility index (Phi) is 11.9. The smallest absolute Gasteiger partial charge is 0.362 e. The normalized spacial score (nSPS) is 24.2. The number of likely N-dealkylation sites (tertiary alicyclic amines) is 1. The Morgan fingerprint density at radius 1 is 1.09 bits per heavy atom. The van der Waals surface area contributed by atoms with Gasteiger partial charge in [0.05, 0.1) is 40.7 Å². The van der Waals surface area contributed by atoms with Gasteiger partial charge >= 0.3 is 10.3 Å². The molecule has 1 aromatic heterocycles. The molecule has 0 spiro atoms. The van der Waals surface area contributed by atoms with Gasteiger partial charge in [-0.25, -0.2) is 13.9 Å². The van der Waals surface area contributed by atoms with Crippen LogP contribution in [0.25, 0.3) is 10.9 Å². The lowest BCUT2D eigenvalue weighted by Crippen LogP contribution is -2.48. The number of ketones is 2. The number of amides is 2. The van der Waals surface area contributed by atoms with E-state index in [0.29, 0.717) is 66.3 Å². The molecule has 1 aliphatic heterocycles. The van der Waals surface area contributed by atoms with E-state index in [-0.39, 0.29) is 54.6 Å². The first-order valence-corrected chi connectivity index (χ1v) is 20.8. The van der Waals surface area contributed by atoms with Gasteiger partial charge in [0.2, 0.25) is 17.7 Å². The van der Waals surface area contributed by atoms with Crippen LogP contribution in [0.4, 0.5) is 0 Å². The first kappa shape index (κ1) is 41.9. The molecule has 5 rings (SSSR count). The topological polar surface area (TPSA) is 158 Å². The predicted molar refractivity (Wildman–Crippen MR) is 205 cm³/mol. The van der Waals surface area contributed by atoms with Gasteiger partial charge in [0, 0.05) is 43.1 Å². The van der Waals surface area contributed by atoms with Crippen molar-refractivity contribution < 1.29 is 41.3 Å². The lowest BCUT2D eigenvalue weighted by molar-refractivity contribution is -0.146. The zero-order chi connectivity index (χ0) is 40.0. The number of pyridine rings is 1. The number of carbonyl (C=O) groups excluding carboxylic acids is 4. The number of carbonyl (C=O) groups is 4. The standard InChI is InChI=1S/C40H56ClN3O9S/c1-10-24-20-40(24,36(48)43-54(49,50)53-39(9)15-16-39)22-31(46)30-18-26(52-32-19-33(51-11-2)42-34-27(32)13-12-14-29(34)41)23-44(30)35(47)28(38(6,7)8)17-25(45)21-37(3,4)5/h12-14,19,24,26,28,30H,10-11,15-18,20-23H2,1-9H3,(H,43,48)/t24-,26-,28-,30+,40-/m1/s1. The predicted octanol–water partition coefficient (Wildman–Crippen LogP) is 7.00. The van der Waals surface area contributed by atoms with Gasteiger partial charge in [-0.15, -0.1) is 0 Å². The lowest BCUT2D eigenvalue weighted by atomic mass is 9.75. The number of ether oxygens (including phenoxy) is 2. The van der Waals surface area contributed by atoms with Crippen LogP contribution in [0.1, 0.15) is 114 Å². The quantitative estimate of drug-likeness (QED) is 0.188. The number of nitrogens with one attached hydrogen (secondary N) is 1. The molecule has 3 fully saturated rings. The minimum absolute atomic E-state index is 0.00871. The molecule has 1 saturated heterocycles. The van der Waals surface area contributed by atoms with Gasteiger partial charge < -0.3 is 14.4 Å². The molecule has 298 valence electrons. The average Bonchev–Trinajstić information content (AvgIpc) is 3.91. The number of Topliss-reactive ketones (excluding diaryl/α,β-unsaturated/α-hetero) is 2. The Hall–Kier alpha value is -3.29. The largest absolute Gasteiger partial charge is 0.488 e. The zero-order valence-corrected chi connectivity index (χ0v) is 34.6. The molecule has 0 unspecified atom stereocenters. The third-order valence-corrected chi connectivity index (χ3v) is 12.2. The Labute approximate surface area is 324 Å². The van der Waals surface area contributed by atoms with Gasteiger partial charge in [0.25, 0.3) is 0 Å². The van der Waals surface area contributed by atoms with Gasteiger partial charge in [0.15, 0.2) is 5.78 Å². The second kappa shape index (κ2) is 15.3. The van der Waals surface area contributed by atoms with Crippen LogP contribution in [0.3, 0.4) is 0 Å². The van der Waals surface area contributed by atoms with Crippen molar-refractivity contribution in [2.75, 3.05) is 13.2 Å². The summed E-state index contributed by atoms with van der Waals surface area (Å²) in [4.78, 5) is 62.3. The van der Waals surface area contributed by atoms with Crippen LogP contribution in [0.5, 0.6) is 11.6 Å². The highest BCUT2D eigenvalue weighted by atomic mass is 35.5. The highest BCUT2D eigenvalue weighted by Gasteiger charge is 2.62. The Morgan fingerprint density at radius 3 is 2.35 bits per heavy atom. The first-order valence-electron chi connectivity index (χ1n) is 19.0. The minimum atomic E-state index is -4.41. The number of fused-ring (bicyclic) bond motifs is 1. The maximum Gasteiger partial charge on any atom is 0.362 e. The fraction of sp³-hybridized carbons (Fsp3) is 0.675. The molecule has 14 heteroatoms. The number of rotatable bonds is 16. The molecule has 0 bridgehead atoms. The van der Waals surface area contributed by atoms with Gasteiger partial charge in [-0.05, 0) is 62.0 Å². The molecular formula is C40H56ClN3O9S. The molecule has 2 amide bonds. The van der Waals surface area contributed by atoms with E-state index in [1.165, 1.54) is 4.90 Å². The summed E-state index contributed by atoms with van der Waals surface area (Å²) in [5.41, 5.74) is -2.52. The van der Waals surface area contributed by atoms with Crippen molar-refractivity contribution in [2.45, 2.75) is 131 Å². The van der Waals surface area contributed by atoms with Crippen LogP contribution in [-0.2, 0) is 33.7 Å². The molecule has 5 atom stereocenters. The summed E-state index contributed by atoms with van der Waals surface area (Å²) < 4.78 is 45.3. The van der Waals surface area contributed by atoms with Crippen LogP contribution in [0, 0.1) is 28.1 Å². The summed E-state index contributed by atoms with van der Waals surface area (Å²) in [5, 5.41) is 1.03. The zero-order valence-electron chi connectivity index (χ0n) is 33.0. The Balaban J connectivity index is 1.47. The number of hydrogen-bond acceptors (Lipinski definition) is 10. The SMILES string of the molecule is CCOc1cc(O[C@@H]2C[C@@H](C(=O)C[C@]3(C(=O)NS(=O)(=O)OC4(C)CC4)C[C@H]3CC)N(C(=O)[C@@H](CC(=O)CC(C)(C)C)C(C)(C)C)C2)c2cccc(Cl)c2n1. The monoisotopic (exact) mass is 789 g/mol. The molecule has 1 aromatic carbocycles. The fourth-order valence-electron chi connectivity index (χ4n) is 7.63. The summed E-state index contributed by atoms with van der Waals surface area (Å²) in [6.07, 6.45) is 1.49. The number of para-hydroxylation sites is 1. The van der Waals surface area contributed by atoms with Crippen LogP contribution >= 0.6 is 11.6 Å². The van der Waals surface area contributed by atoms with Crippen molar-refractivity contribution in [2.24, 2.45) is 28.1 Å². The van der Waals surface area contributed by atoms with Crippen molar-refractivity contribution in [3.8, 4) is 11.6 Å². The molecule has 2 saturated carbocycles. The summed E-state index contributed by atoms with van der Waals surface area (Å²) in [6, 6.07) is 5.98. The molecule has 54 heavy (non-hydrogen) atoms. The average molecular weight is 790 g/mol. The maximum absolute atomic E-state index is 14.7. The van der Waals surface area contributed by atoms with Crippen LogP contribution in [0.15, 0.2) is 24.3 Å². The summed E-state index contributed by atoms with van der Waals surface area (Å²) in [7, 11) is -4.41. The molecule has 2 aromatic rings. The van der Waals surface area contributed by atoms with Crippen molar-refractivity contribution >= 4 is 56.2 Å². The number of benzene rings is 1. The highest BCUT2D eigenvalue weighted by molar-refractivity contribution is 7.85. The van der Waals surface area contributed by atoms with Crippen LogP contribution in [-0.4, -0.2) is 72.6 Å². The second-order valence-electron chi connectivity index (χ2n) is 17.9. The maximum atomic E-state index is 14.7. The second-order valence-corrected chi connectivity index (χ2v) is 19.6. The molecule has 0 radical (unpaired) electrons. The number of nitrogens with zero attached hydrogens (tertiary/aromatic N) is 2. The van der Waals surface area contributed by atoms with Crippen molar-refractivity contribution in [3.63, 3.8) is 0 Å². The van der Waals surface area contributed by atoms with E-state index >= 15 is 0 Å². The minimum Gasteiger partial charge on any atom is -0.488 e. The lowest BCUT2D eigenvalue weighted by Gasteiger charge is -2.35. The third kappa shape index (κ3) is 9.74. The van der Waals surface area contributed by atoms with E-state index in [2.05, 4.69) is 9.71 Å². The fourth-order valence-corrected chi connectivity index (χ4v) is 9.01. The third-order valence-electron chi connectivity index (χ3n) is 10.9. The van der Waals surface area contributed by atoms with E-state index in [1.807, 2.05) is 61.5 Å². The Bertz CT molecular complexity index is 1900. The van der Waals surface area contributed by atoms with Crippen LogP contribution < -0.4 is 14.2 Å². The van der Waals surface area contributed by atoms with Gasteiger partial charge in [0.1, 0.15) is 17.6 Å².